The number of hydrogen-bond acceptors (Lipinski definition) is 2. The van der Waals surface area contributed by atoms with Crippen molar-refractivity contribution in [2.24, 2.45) is 10.4 Å². The monoisotopic (exact) mass is 267 g/mol. The Labute approximate surface area is 117 Å². The lowest BCUT2D eigenvalue weighted by Crippen LogP contribution is -2.47. The fourth-order valence-electron chi connectivity index (χ4n) is 2.79. The Balaban J connectivity index is 1.83. The molecule has 2 aliphatic heterocycles. The van der Waals surface area contributed by atoms with Gasteiger partial charge in [-0.2, -0.15) is 0 Å². The van der Waals surface area contributed by atoms with Crippen LogP contribution < -0.4 is 10.6 Å². The quantitative estimate of drug-likeness (QED) is 0.607. The van der Waals surface area contributed by atoms with Crippen molar-refractivity contribution in [2.45, 2.75) is 71.6 Å². The van der Waals surface area contributed by atoms with Crippen LogP contribution in [0.15, 0.2) is 4.99 Å². The number of nitrogens with zero attached hydrogens (tertiary/aromatic N) is 1. The number of aliphatic imine (C=N–C) groups is 1. The van der Waals surface area contributed by atoms with E-state index in [0.29, 0.717) is 23.7 Å². The minimum atomic E-state index is 0.344. The average molecular weight is 267 g/mol. The van der Waals surface area contributed by atoms with Gasteiger partial charge in [0.05, 0.1) is 18.2 Å². The molecule has 2 bridgehead atoms. The Hall–Kier alpha value is -0.770. The van der Waals surface area contributed by atoms with Crippen LogP contribution >= 0.6 is 0 Å². The minimum absolute atomic E-state index is 0.344. The van der Waals surface area contributed by atoms with E-state index < -0.39 is 0 Å². The van der Waals surface area contributed by atoms with Crippen LogP contribution in [0.1, 0.15) is 53.4 Å². The van der Waals surface area contributed by atoms with E-state index in [1.807, 2.05) is 0 Å². The van der Waals surface area contributed by atoms with Crippen molar-refractivity contribution in [2.75, 3.05) is 13.1 Å². The van der Waals surface area contributed by atoms with E-state index in [2.05, 4.69) is 43.3 Å². The zero-order chi connectivity index (χ0) is 13.9. The first-order valence-corrected chi connectivity index (χ1v) is 7.68. The van der Waals surface area contributed by atoms with Gasteiger partial charge in [0.25, 0.3) is 0 Å². The van der Waals surface area contributed by atoms with E-state index in [9.17, 15) is 0 Å². The smallest absolute Gasteiger partial charge is 0.191 e. The summed E-state index contributed by atoms with van der Waals surface area (Å²) in [5, 5.41) is 6.89. The zero-order valence-electron chi connectivity index (χ0n) is 12.8. The second-order valence-electron chi connectivity index (χ2n) is 6.93. The molecule has 19 heavy (non-hydrogen) atoms. The topological polar surface area (TPSA) is 45.7 Å². The Kier molecular flexibility index (Phi) is 4.71. The SMILES string of the molecule is CCNC(=NCCC(C)(C)C)NC1CC2CCC1O2. The van der Waals surface area contributed by atoms with Crippen molar-refractivity contribution in [1.29, 1.82) is 0 Å². The Morgan fingerprint density at radius 3 is 2.63 bits per heavy atom. The molecule has 2 saturated heterocycles. The second-order valence-corrected chi connectivity index (χ2v) is 6.93. The summed E-state index contributed by atoms with van der Waals surface area (Å²) in [6, 6.07) is 0.450. The number of rotatable bonds is 4. The second kappa shape index (κ2) is 6.12. The lowest BCUT2D eigenvalue weighted by Gasteiger charge is -2.23. The van der Waals surface area contributed by atoms with Gasteiger partial charge in [-0.25, -0.2) is 0 Å². The summed E-state index contributed by atoms with van der Waals surface area (Å²) in [5.41, 5.74) is 0.344. The molecule has 0 aromatic rings. The van der Waals surface area contributed by atoms with E-state index in [0.717, 1.165) is 31.9 Å². The van der Waals surface area contributed by atoms with Crippen molar-refractivity contribution < 1.29 is 4.74 Å². The van der Waals surface area contributed by atoms with Gasteiger partial charge < -0.3 is 15.4 Å². The lowest BCUT2D eigenvalue weighted by atomic mass is 9.92. The van der Waals surface area contributed by atoms with Gasteiger partial charge in [0.1, 0.15) is 0 Å². The summed E-state index contributed by atoms with van der Waals surface area (Å²) >= 11 is 0. The maximum atomic E-state index is 5.88. The molecular formula is C15H29N3O. The molecule has 0 spiro atoms. The van der Waals surface area contributed by atoms with Crippen molar-refractivity contribution in [3.05, 3.63) is 0 Å². The van der Waals surface area contributed by atoms with E-state index in [1.165, 1.54) is 12.8 Å². The first-order chi connectivity index (χ1) is 8.98. The Bertz CT molecular complexity index is 322. The molecule has 2 aliphatic rings. The van der Waals surface area contributed by atoms with Crippen molar-refractivity contribution in [3.63, 3.8) is 0 Å². The molecule has 4 heteroatoms. The molecule has 3 atom stereocenters. The lowest BCUT2D eigenvalue weighted by molar-refractivity contribution is 0.0992. The number of ether oxygens (including phenoxy) is 1. The molecule has 4 nitrogen and oxygen atoms in total. The molecular weight excluding hydrogens is 238 g/mol. The van der Waals surface area contributed by atoms with Gasteiger partial charge in [0.2, 0.25) is 0 Å². The fraction of sp³-hybridized carbons (Fsp3) is 0.933. The number of guanidine groups is 1. The third-order valence-corrected chi connectivity index (χ3v) is 3.90. The van der Waals surface area contributed by atoms with Gasteiger partial charge in [-0.3, -0.25) is 4.99 Å². The number of fused-ring (bicyclic) bond motifs is 2. The van der Waals surface area contributed by atoms with Crippen LogP contribution in [-0.4, -0.2) is 37.3 Å². The van der Waals surface area contributed by atoms with Crippen molar-refractivity contribution >= 4 is 5.96 Å². The summed E-state index contributed by atoms with van der Waals surface area (Å²) in [5.74, 6) is 0.952. The molecule has 3 unspecified atom stereocenters. The largest absolute Gasteiger partial charge is 0.373 e. The predicted molar refractivity (Wildman–Crippen MR) is 79.5 cm³/mol. The van der Waals surface area contributed by atoms with Gasteiger partial charge >= 0.3 is 0 Å². The van der Waals surface area contributed by atoms with Crippen LogP contribution in [0.4, 0.5) is 0 Å². The molecule has 2 N–H and O–H groups in total. The Morgan fingerprint density at radius 2 is 2.11 bits per heavy atom. The highest BCUT2D eigenvalue weighted by molar-refractivity contribution is 5.80. The summed E-state index contributed by atoms with van der Waals surface area (Å²) < 4.78 is 5.88. The van der Waals surface area contributed by atoms with E-state index in [-0.39, 0.29) is 0 Å². The highest BCUT2D eigenvalue weighted by Gasteiger charge is 2.41. The number of nitrogens with one attached hydrogen (secondary N) is 2. The van der Waals surface area contributed by atoms with Gasteiger partial charge in [-0.05, 0) is 38.0 Å². The predicted octanol–water partition coefficient (Wildman–Crippen LogP) is 2.30. The average Bonchev–Trinajstić information content (AvgIpc) is 2.89. The van der Waals surface area contributed by atoms with E-state index in [1.54, 1.807) is 0 Å². The van der Waals surface area contributed by atoms with Gasteiger partial charge in [0.15, 0.2) is 5.96 Å². The molecule has 0 aromatic carbocycles. The van der Waals surface area contributed by atoms with Gasteiger partial charge in [-0.1, -0.05) is 20.8 Å². The van der Waals surface area contributed by atoms with Crippen molar-refractivity contribution in [1.82, 2.24) is 10.6 Å². The molecule has 2 rings (SSSR count). The highest BCUT2D eigenvalue weighted by Crippen LogP contribution is 2.34. The summed E-state index contributed by atoms with van der Waals surface area (Å²) in [4.78, 5) is 4.68. The van der Waals surface area contributed by atoms with Crippen LogP contribution in [-0.2, 0) is 4.74 Å². The van der Waals surface area contributed by atoms with Crippen molar-refractivity contribution in [3.8, 4) is 0 Å². The standard InChI is InChI=1S/C15H29N3O/c1-5-16-14(17-9-8-15(2,3)4)18-12-10-11-6-7-13(12)19-11/h11-13H,5-10H2,1-4H3,(H2,16,17,18). The summed E-state index contributed by atoms with van der Waals surface area (Å²) in [6.07, 6.45) is 5.56. The van der Waals surface area contributed by atoms with Crippen LogP contribution in [0.3, 0.4) is 0 Å². The van der Waals surface area contributed by atoms with Gasteiger partial charge in [0, 0.05) is 13.1 Å². The maximum Gasteiger partial charge on any atom is 0.191 e. The van der Waals surface area contributed by atoms with E-state index >= 15 is 0 Å². The zero-order valence-corrected chi connectivity index (χ0v) is 12.8. The number of hydrogen-bond donors (Lipinski definition) is 2. The molecule has 0 radical (unpaired) electrons. The van der Waals surface area contributed by atoms with E-state index in [4.69, 9.17) is 4.74 Å². The van der Waals surface area contributed by atoms with Crippen LogP contribution in [0.2, 0.25) is 0 Å². The summed E-state index contributed by atoms with van der Waals surface area (Å²) in [7, 11) is 0. The molecule has 2 fully saturated rings. The summed E-state index contributed by atoms with van der Waals surface area (Å²) in [6.45, 7) is 10.7. The molecule has 0 amide bonds. The molecule has 110 valence electrons. The fourth-order valence-corrected chi connectivity index (χ4v) is 2.79. The molecule has 0 aliphatic carbocycles. The third kappa shape index (κ3) is 4.37. The first kappa shape index (κ1) is 14.6. The molecule has 0 aromatic heterocycles. The van der Waals surface area contributed by atoms with Crippen LogP contribution in [0.5, 0.6) is 0 Å². The third-order valence-electron chi connectivity index (χ3n) is 3.90. The highest BCUT2D eigenvalue weighted by atomic mass is 16.5. The Morgan fingerprint density at radius 1 is 1.32 bits per heavy atom. The normalized spacial score (nSPS) is 30.7. The van der Waals surface area contributed by atoms with Crippen LogP contribution in [0.25, 0.3) is 0 Å². The maximum absolute atomic E-state index is 5.88. The van der Waals surface area contributed by atoms with Gasteiger partial charge in [-0.15, -0.1) is 0 Å². The minimum Gasteiger partial charge on any atom is -0.373 e. The molecule has 2 heterocycles. The first-order valence-electron chi connectivity index (χ1n) is 7.68. The van der Waals surface area contributed by atoms with Crippen LogP contribution in [0, 0.1) is 5.41 Å². The molecule has 0 saturated carbocycles.